The molecule has 0 saturated carbocycles. The van der Waals surface area contributed by atoms with Crippen molar-refractivity contribution in [3.05, 3.63) is 35.9 Å². The lowest BCUT2D eigenvalue weighted by Crippen LogP contribution is -2.13. The van der Waals surface area contributed by atoms with Crippen molar-refractivity contribution < 1.29 is 9.90 Å². The molecule has 0 aliphatic rings. The molecule has 0 aliphatic heterocycles. The smallest absolute Gasteiger partial charge is 0.319 e. The van der Waals surface area contributed by atoms with Crippen molar-refractivity contribution in [2.24, 2.45) is 5.92 Å². The molecular weight excluding hydrogens is 164 g/mol. The van der Waals surface area contributed by atoms with E-state index in [0.717, 1.165) is 5.56 Å². The molecule has 0 radical (unpaired) electrons. The van der Waals surface area contributed by atoms with Gasteiger partial charge in [-0.2, -0.15) is 0 Å². The predicted molar refractivity (Wildman–Crippen MR) is 50.1 cm³/mol. The maximum atomic E-state index is 10.6. The second-order valence-corrected chi connectivity index (χ2v) is 2.75. The Morgan fingerprint density at radius 3 is 2.54 bits per heavy atom. The lowest BCUT2D eigenvalue weighted by atomic mass is 10.0. The Hall–Kier alpha value is -1.75. The van der Waals surface area contributed by atoms with Gasteiger partial charge in [-0.15, -0.1) is 6.42 Å². The lowest BCUT2D eigenvalue weighted by Gasteiger charge is -2.04. The number of benzene rings is 1. The van der Waals surface area contributed by atoms with Crippen LogP contribution in [0.3, 0.4) is 0 Å². The quantitative estimate of drug-likeness (QED) is 0.706. The summed E-state index contributed by atoms with van der Waals surface area (Å²) < 4.78 is 0. The van der Waals surface area contributed by atoms with Gasteiger partial charge < -0.3 is 5.11 Å². The van der Waals surface area contributed by atoms with E-state index in [1.54, 1.807) is 0 Å². The summed E-state index contributed by atoms with van der Waals surface area (Å²) in [7, 11) is 0. The Kier molecular flexibility index (Phi) is 3.10. The van der Waals surface area contributed by atoms with Crippen molar-refractivity contribution in [1.29, 1.82) is 0 Å². The minimum absolute atomic E-state index is 0.396. The summed E-state index contributed by atoms with van der Waals surface area (Å²) in [6.45, 7) is 0. The van der Waals surface area contributed by atoms with Crippen LogP contribution in [-0.4, -0.2) is 11.1 Å². The second-order valence-electron chi connectivity index (χ2n) is 2.75. The topological polar surface area (TPSA) is 37.3 Å². The van der Waals surface area contributed by atoms with Gasteiger partial charge in [0, 0.05) is 0 Å². The van der Waals surface area contributed by atoms with E-state index >= 15 is 0 Å². The first-order valence-electron chi connectivity index (χ1n) is 3.97. The number of hydrogen-bond donors (Lipinski definition) is 1. The van der Waals surface area contributed by atoms with Gasteiger partial charge in [0.2, 0.25) is 0 Å². The minimum Gasteiger partial charge on any atom is -0.480 e. The third-order valence-corrected chi connectivity index (χ3v) is 1.78. The molecule has 2 heteroatoms. The van der Waals surface area contributed by atoms with Gasteiger partial charge in [0.15, 0.2) is 0 Å². The largest absolute Gasteiger partial charge is 0.480 e. The molecule has 0 spiro atoms. The van der Waals surface area contributed by atoms with Crippen molar-refractivity contribution in [3.8, 4) is 12.3 Å². The molecule has 0 amide bonds. The van der Waals surface area contributed by atoms with Crippen LogP contribution in [0.25, 0.3) is 0 Å². The highest BCUT2D eigenvalue weighted by Crippen LogP contribution is 2.07. The molecule has 1 atom stereocenters. The summed E-state index contributed by atoms with van der Waals surface area (Å²) in [4.78, 5) is 10.6. The molecule has 1 unspecified atom stereocenters. The van der Waals surface area contributed by atoms with E-state index in [2.05, 4.69) is 5.92 Å². The average Bonchev–Trinajstić information content (AvgIpc) is 2.15. The lowest BCUT2D eigenvalue weighted by molar-refractivity contribution is -0.139. The number of carboxylic acids is 1. The zero-order valence-corrected chi connectivity index (χ0v) is 7.10. The number of aliphatic carboxylic acids is 1. The SMILES string of the molecule is C#CC(Cc1ccccc1)C(=O)O. The predicted octanol–water partition coefficient (Wildman–Crippen LogP) is 1.56. The molecule has 0 bridgehead atoms. The number of carbonyl (C=O) groups is 1. The molecule has 13 heavy (non-hydrogen) atoms. The third-order valence-electron chi connectivity index (χ3n) is 1.78. The molecule has 0 aromatic heterocycles. The van der Waals surface area contributed by atoms with Crippen molar-refractivity contribution in [2.45, 2.75) is 6.42 Å². The van der Waals surface area contributed by atoms with E-state index < -0.39 is 11.9 Å². The van der Waals surface area contributed by atoms with Crippen molar-refractivity contribution in [3.63, 3.8) is 0 Å². The molecule has 2 nitrogen and oxygen atoms in total. The van der Waals surface area contributed by atoms with Gasteiger partial charge >= 0.3 is 5.97 Å². The Balaban J connectivity index is 2.69. The number of terminal acetylenes is 1. The van der Waals surface area contributed by atoms with Gasteiger partial charge in [0.05, 0.1) is 0 Å². The maximum Gasteiger partial charge on any atom is 0.319 e. The molecule has 0 aliphatic carbocycles. The summed E-state index contributed by atoms with van der Waals surface area (Å²) in [5.74, 6) is 0.592. The van der Waals surface area contributed by atoms with Crippen molar-refractivity contribution >= 4 is 5.97 Å². The van der Waals surface area contributed by atoms with Gasteiger partial charge in [-0.05, 0) is 12.0 Å². The Labute approximate surface area is 77.2 Å². The highest BCUT2D eigenvalue weighted by Gasteiger charge is 2.13. The molecule has 66 valence electrons. The van der Waals surface area contributed by atoms with Crippen LogP contribution in [0.2, 0.25) is 0 Å². The van der Waals surface area contributed by atoms with E-state index in [-0.39, 0.29) is 0 Å². The average molecular weight is 174 g/mol. The highest BCUT2D eigenvalue weighted by molar-refractivity contribution is 5.73. The van der Waals surface area contributed by atoms with E-state index in [4.69, 9.17) is 11.5 Å². The van der Waals surface area contributed by atoms with Gasteiger partial charge in [-0.1, -0.05) is 36.3 Å². The maximum absolute atomic E-state index is 10.6. The fraction of sp³-hybridized carbons (Fsp3) is 0.182. The molecule has 1 aromatic carbocycles. The monoisotopic (exact) mass is 174 g/mol. The summed E-state index contributed by atoms with van der Waals surface area (Å²) in [6.07, 6.45) is 5.49. The summed E-state index contributed by atoms with van der Waals surface area (Å²) in [5.41, 5.74) is 0.952. The fourth-order valence-corrected chi connectivity index (χ4v) is 1.07. The molecule has 0 heterocycles. The molecular formula is C11H10O2. The highest BCUT2D eigenvalue weighted by atomic mass is 16.4. The normalized spacial score (nSPS) is 11.6. The van der Waals surface area contributed by atoms with Crippen LogP contribution in [0, 0.1) is 18.3 Å². The van der Waals surface area contributed by atoms with Crippen LogP contribution in [0.4, 0.5) is 0 Å². The van der Waals surface area contributed by atoms with Crippen LogP contribution in [0.5, 0.6) is 0 Å². The molecule has 0 saturated heterocycles. The van der Waals surface area contributed by atoms with Crippen LogP contribution in [0.1, 0.15) is 5.56 Å². The van der Waals surface area contributed by atoms with Crippen molar-refractivity contribution in [1.82, 2.24) is 0 Å². The van der Waals surface area contributed by atoms with Gasteiger partial charge in [0.1, 0.15) is 5.92 Å². The van der Waals surface area contributed by atoms with Gasteiger partial charge in [-0.3, -0.25) is 4.79 Å². The van der Waals surface area contributed by atoms with Gasteiger partial charge in [-0.25, -0.2) is 0 Å². The van der Waals surface area contributed by atoms with Crippen LogP contribution < -0.4 is 0 Å². The van der Waals surface area contributed by atoms with E-state index in [9.17, 15) is 4.79 Å². The van der Waals surface area contributed by atoms with E-state index in [1.807, 2.05) is 30.3 Å². The molecule has 1 rings (SSSR count). The number of rotatable bonds is 3. The first-order chi connectivity index (χ1) is 6.24. The summed E-state index contributed by atoms with van der Waals surface area (Å²) >= 11 is 0. The van der Waals surface area contributed by atoms with Crippen LogP contribution >= 0.6 is 0 Å². The molecule has 1 N–H and O–H groups in total. The first-order valence-corrected chi connectivity index (χ1v) is 3.97. The third kappa shape index (κ3) is 2.64. The summed E-state index contributed by atoms with van der Waals surface area (Å²) in [6, 6.07) is 9.35. The van der Waals surface area contributed by atoms with E-state index in [1.165, 1.54) is 0 Å². The fourth-order valence-electron chi connectivity index (χ4n) is 1.07. The van der Waals surface area contributed by atoms with E-state index in [0.29, 0.717) is 6.42 Å². The minimum atomic E-state index is -0.939. The molecule has 0 fully saturated rings. The Bertz CT molecular complexity index is 322. The first kappa shape index (κ1) is 9.34. The summed E-state index contributed by atoms with van der Waals surface area (Å²) in [5, 5.41) is 8.69. The van der Waals surface area contributed by atoms with Crippen LogP contribution in [-0.2, 0) is 11.2 Å². The Morgan fingerprint density at radius 1 is 1.46 bits per heavy atom. The van der Waals surface area contributed by atoms with Gasteiger partial charge in [0.25, 0.3) is 0 Å². The number of carboxylic acid groups (broad SMARTS) is 1. The second kappa shape index (κ2) is 4.32. The zero-order chi connectivity index (χ0) is 9.68. The zero-order valence-electron chi connectivity index (χ0n) is 7.10. The van der Waals surface area contributed by atoms with Crippen LogP contribution in [0.15, 0.2) is 30.3 Å². The Morgan fingerprint density at radius 2 is 2.08 bits per heavy atom. The molecule has 1 aromatic rings. The van der Waals surface area contributed by atoms with Crippen molar-refractivity contribution in [2.75, 3.05) is 0 Å². The number of hydrogen-bond acceptors (Lipinski definition) is 1. The standard InChI is InChI=1S/C11H10O2/c1-2-10(11(12)13)8-9-6-4-3-5-7-9/h1,3-7,10H,8H2,(H,12,13).